The van der Waals surface area contributed by atoms with Gasteiger partial charge in [0.2, 0.25) is 5.91 Å². The second-order valence-corrected chi connectivity index (χ2v) is 10.6. The molecule has 2 aromatic rings. The highest BCUT2D eigenvalue weighted by Gasteiger charge is 2.52. The van der Waals surface area contributed by atoms with Crippen LogP contribution in [0.15, 0.2) is 41.1 Å². The molecule has 1 aromatic heterocycles. The molecule has 0 aliphatic carbocycles. The zero-order valence-electron chi connectivity index (χ0n) is 20.6. The van der Waals surface area contributed by atoms with E-state index in [4.69, 9.17) is 0 Å². The molecule has 8 nitrogen and oxygen atoms in total. The van der Waals surface area contributed by atoms with Gasteiger partial charge >= 0.3 is 0 Å². The molecule has 0 bridgehead atoms. The first-order valence-electron chi connectivity index (χ1n) is 11.9. The molecule has 1 aromatic carbocycles. The third-order valence-corrected chi connectivity index (χ3v) is 7.37. The van der Waals surface area contributed by atoms with Crippen molar-refractivity contribution in [3.05, 3.63) is 52.2 Å². The number of anilines is 1. The van der Waals surface area contributed by atoms with Crippen molar-refractivity contribution in [1.82, 2.24) is 15.1 Å². The van der Waals surface area contributed by atoms with Gasteiger partial charge in [-0.25, -0.2) is 0 Å². The van der Waals surface area contributed by atoms with Gasteiger partial charge in [0.05, 0.1) is 18.2 Å². The summed E-state index contributed by atoms with van der Waals surface area (Å²) >= 11 is 1.43. The van der Waals surface area contributed by atoms with Crippen LogP contribution in [0.2, 0.25) is 0 Å². The number of ketones is 1. The SMILES string of the molecule is CC(C)CC(NC(=O)c1ccc(N(C)C)cc1)C(=O)N1CC[C@@H]2[C@H]1C(=O)CN2C(=O)c1ccsc1. The smallest absolute Gasteiger partial charge is 0.255 e. The average Bonchev–Trinajstić information content (AvgIpc) is 3.56. The molecule has 2 saturated heterocycles. The number of benzene rings is 1. The number of fused-ring (bicyclic) bond motifs is 1. The lowest BCUT2D eigenvalue weighted by atomic mass is 10.0. The van der Waals surface area contributed by atoms with E-state index in [0.29, 0.717) is 30.5 Å². The number of thiophene rings is 1. The Balaban J connectivity index is 1.49. The lowest BCUT2D eigenvalue weighted by molar-refractivity contribution is -0.138. The van der Waals surface area contributed by atoms with Crippen LogP contribution in [0, 0.1) is 5.92 Å². The summed E-state index contributed by atoms with van der Waals surface area (Å²) in [5.74, 6) is -0.720. The fourth-order valence-corrected chi connectivity index (χ4v) is 5.57. The summed E-state index contributed by atoms with van der Waals surface area (Å²) in [6.45, 7) is 4.38. The van der Waals surface area contributed by atoms with Gasteiger partial charge in [-0.15, -0.1) is 0 Å². The van der Waals surface area contributed by atoms with Gasteiger partial charge in [0, 0.05) is 37.3 Å². The quantitative estimate of drug-likeness (QED) is 0.637. The predicted octanol–water partition coefficient (Wildman–Crippen LogP) is 2.65. The van der Waals surface area contributed by atoms with E-state index in [-0.39, 0.29) is 42.0 Å². The summed E-state index contributed by atoms with van der Waals surface area (Å²) in [5.41, 5.74) is 2.01. The molecule has 35 heavy (non-hydrogen) atoms. The molecule has 2 aliphatic heterocycles. The molecule has 1 unspecified atom stereocenters. The normalized spacial score (nSPS) is 20.2. The molecule has 2 aliphatic rings. The van der Waals surface area contributed by atoms with Crippen molar-refractivity contribution in [1.29, 1.82) is 0 Å². The van der Waals surface area contributed by atoms with Crippen LogP contribution < -0.4 is 10.2 Å². The van der Waals surface area contributed by atoms with Crippen molar-refractivity contribution in [3.63, 3.8) is 0 Å². The first-order chi connectivity index (χ1) is 16.7. The van der Waals surface area contributed by atoms with Gasteiger partial charge in [-0.3, -0.25) is 19.2 Å². The Labute approximate surface area is 209 Å². The van der Waals surface area contributed by atoms with E-state index in [0.717, 1.165) is 5.69 Å². The maximum absolute atomic E-state index is 13.6. The van der Waals surface area contributed by atoms with Crippen molar-refractivity contribution in [2.45, 2.75) is 44.8 Å². The fourth-order valence-electron chi connectivity index (χ4n) is 4.94. The number of likely N-dealkylation sites (tertiary alicyclic amines) is 2. The minimum Gasteiger partial charge on any atom is -0.378 e. The van der Waals surface area contributed by atoms with Gasteiger partial charge in [0.1, 0.15) is 12.1 Å². The fraction of sp³-hybridized carbons (Fsp3) is 0.462. The van der Waals surface area contributed by atoms with Crippen LogP contribution in [0.1, 0.15) is 47.4 Å². The van der Waals surface area contributed by atoms with Crippen LogP contribution in [0.4, 0.5) is 5.69 Å². The third-order valence-electron chi connectivity index (χ3n) is 6.69. The Bertz CT molecular complexity index is 1100. The number of carbonyl (C=O) groups is 4. The number of nitrogens with one attached hydrogen (secondary N) is 1. The van der Waals surface area contributed by atoms with E-state index < -0.39 is 12.1 Å². The number of carbonyl (C=O) groups excluding carboxylic acids is 4. The van der Waals surface area contributed by atoms with E-state index in [9.17, 15) is 19.2 Å². The van der Waals surface area contributed by atoms with Gasteiger partial charge in [-0.2, -0.15) is 11.3 Å². The zero-order valence-corrected chi connectivity index (χ0v) is 21.4. The maximum Gasteiger partial charge on any atom is 0.255 e. The minimum atomic E-state index is -0.746. The molecule has 0 radical (unpaired) electrons. The van der Waals surface area contributed by atoms with Crippen molar-refractivity contribution >= 4 is 40.5 Å². The molecule has 2 fully saturated rings. The van der Waals surface area contributed by atoms with Crippen LogP contribution in [0.25, 0.3) is 0 Å². The zero-order chi connectivity index (χ0) is 25.3. The Morgan fingerprint density at radius 3 is 2.40 bits per heavy atom. The molecule has 0 saturated carbocycles. The monoisotopic (exact) mass is 496 g/mol. The Morgan fingerprint density at radius 1 is 1.09 bits per heavy atom. The Hall–Kier alpha value is -3.20. The van der Waals surface area contributed by atoms with Crippen LogP contribution in [0.3, 0.4) is 0 Å². The first-order valence-corrected chi connectivity index (χ1v) is 12.9. The minimum absolute atomic E-state index is 0.00717. The summed E-state index contributed by atoms with van der Waals surface area (Å²) < 4.78 is 0. The largest absolute Gasteiger partial charge is 0.378 e. The second kappa shape index (κ2) is 10.2. The number of rotatable bonds is 7. The standard InChI is InChI=1S/C26H32N4O4S/c1-16(2)13-20(27-24(32)17-5-7-19(8-6-17)28(3)4)26(34)29-11-9-21-23(29)22(31)14-30(21)25(33)18-10-12-35-15-18/h5-8,10,12,15-16,20-21,23H,9,11,13-14H2,1-4H3,(H,27,32)/t20?,21-,23+/m1/s1. The van der Waals surface area contributed by atoms with Crippen LogP contribution >= 0.6 is 11.3 Å². The molecule has 4 rings (SSSR count). The molecule has 9 heteroatoms. The topological polar surface area (TPSA) is 90.0 Å². The summed E-state index contributed by atoms with van der Waals surface area (Å²) in [4.78, 5) is 57.6. The Morgan fingerprint density at radius 2 is 1.80 bits per heavy atom. The number of hydrogen-bond donors (Lipinski definition) is 1. The van der Waals surface area contributed by atoms with Crippen LogP contribution in [-0.2, 0) is 9.59 Å². The van der Waals surface area contributed by atoms with E-state index in [1.165, 1.54) is 11.3 Å². The molecular weight excluding hydrogens is 464 g/mol. The van der Waals surface area contributed by atoms with Gasteiger partial charge in [0.25, 0.3) is 11.8 Å². The van der Waals surface area contributed by atoms with E-state index in [2.05, 4.69) is 5.32 Å². The number of Topliss-reactive ketones (excluding diaryl/α,β-unsaturated/α-hetero) is 1. The van der Waals surface area contributed by atoms with Gasteiger partial charge in [-0.1, -0.05) is 13.8 Å². The number of nitrogens with zero attached hydrogens (tertiary/aromatic N) is 3. The molecule has 3 atom stereocenters. The van der Waals surface area contributed by atoms with Crippen molar-refractivity contribution in [3.8, 4) is 0 Å². The average molecular weight is 497 g/mol. The third kappa shape index (κ3) is 5.10. The van der Waals surface area contributed by atoms with Crippen molar-refractivity contribution in [2.75, 3.05) is 32.1 Å². The van der Waals surface area contributed by atoms with Crippen molar-refractivity contribution < 1.29 is 19.2 Å². The highest BCUT2D eigenvalue weighted by molar-refractivity contribution is 7.08. The molecule has 1 N–H and O–H groups in total. The number of amides is 3. The van der Waals surface area contributed by atoms with Gasteiger partial charge in [0.15, 0.2) is 5.78 Å². The molecular formula is C26H32N4O4S. The highest BCUT2D eigenvalue weighted by atomic mass is 32.1. The molecule has 186 valence electrons. The lowest BCUT2D eigenvalue weighted by Crippen LogP contribution is -2.53. The van der Waals surface area contributed by atoms with Crippen LogP contribution in [0.5, 0.6) is 0 Å². The van der Waals surface area contributed by atoms with E-state index in [1.54, 1.807) is 33.4 Å². The summed E-state index contributed by atoms with van der Waals surface area (Å²) in [7, 11) is 3.85. The van der Waals surface area contributed by atoms with Crippen LogP contribution in [-0.4, -0.2) is 78.6 Å². The first kappa shape index (κ1) is 24.9. The van der Waals surface area contributed by atoms with Crippen molar-refractivity contribution in [2.24, 2.45) is 5.92 Å². The molecule has 3 amide bonds. The molecule has 0 spiro atoms. The number of hydrogen-bond acceptors (Lipinski definition) is 6. The van der Waals surface area contributed by atoms with E-state index in [1.807, 2.05) is 50.4 Å². The highest BCUT2D eigenvalue weighted by Crippen LogP contribution is 2.32. The molecule has 3 heterocycles. The second-order valence-electron chi connectivity index (χ2n) is 9.84. The maximum atomic E-state index is 13.6. The lowest BCUT2D eigenvalue weighted by Gasteiger charge is -2.29. The predicted molar refractivity (Wildman–Crippen MR) is 136 cm³/mol. The summed E-state index contributed by atoms with van der Waals surface area (Å²) in [6.07, 6.45) is 1.01. The Kier molecular flexibility index (Phi) is 7.25. The van der Waals surface area contributed by atoms with Gasteiger partial charge in [-0.05, 0) is 54.5 Å². The summed E-state index contributed by atoms with van der Waals surface area (Å²) in [5, 5.41) is 6.52. The summed E-state index contributed by atoms with van der Waals surface area (Å²) in [6, 6.07) is 7.21. The van der Waals surface area contributed by atoms with E-state index >= 15 is 0 Å². The van der Waals surface area contributed by atoms with Gasteiger partial charge < -0.3 is 20.0 Å².